The van der Waals surface area contributed by atoms with Crippen molar-refractivity contribution in [2.24, 2.45) is 7.05 Å². The minimum Gasteiger partial charge on any atom is -0.306 e. The molecule has 4 heteroatoms. The molecule has 2 heterocycles. The molecule has 0 aromatic carbocycles. The highest BCUT2D eigenvalue weighted by Crippen LogP contribution is 2.39. The van der Waals surface area contributed by atoms with Gasteiger partial charge in [-0.15, -0.1) is 0 Å². The summed E-state index contributed by atoms with van der Waals surface area (Å²) in [6, 6.07) is 2.70. The van der Waals surface area contributed by atoms with Crippen LogP contribution in [0.2, 0.25) is 0 Å². The van der Waals surface area contributed by atoms with Gasteiger partial charge in [0.05, 0.1) is 5.69 Å². The van der Waals surface area contributed by atoms with Crippen LogP contribution in [0.3, 0.4) is 0 Å². The summed E-state index contributed by atoms with van der Waals surface area (Å²) < 4.78 is 2.24. The van der Waals surface area contributed by atoms with E-state index in [0.717, 1.165) is 12.2 Å². The summed E-state index contributed by atoms with van der Waals surface area (Å²) in [6.07, 6.45) is 1.98. The van der Waals surface area contributed by atoms with E-state index in [0.29, 0.717) is 10.8 Å². The third-order valence-electron chi connectivity index (χ3n) is 2.76. The lowest BCUT2D eigenvalue weighted by Crippen LogP contribution is -2.54. The molecule has 1 saturated heterocycles. The van der Waals surface area contributed by atoms with Crippen molar-refractivity contribution in [1.82, 2.24) is 15.1 Å². The van der Waals surface area contributed by atoms with Crippen LogP contribution >= 0.6 is 11.8 Å². The Morgan fingerprint density at radius 1 is 1.71 bits per heavy atom. The summed E-state index contributed by atoms with van der Waals surface area (Å²) in [5.74, 6) is 1.22. The molecular formula is C10H17N3S. The van der Waals surface area contributed by atoms with Gasteiger partial charge in [0.2, 0.25) is 0 Å². The molecule has 1 aromatic heterocycles. The predicted molar refractivity (Wildman–Crippen MR) is 60.4 cm³/mol. The first-order chi connectivity index (χ1) is 6.58. The maximum atomic E-state index is 4.34. The minimum atomic E-state index is 0.398. The van der Waals surface area contributed by atoms with Gasteiger partial charge in [0.1, 0.15) is 0 Å². The first kappa shape index (κ1) is 10.1. The lowest BCUT2D eigenvalue weighted by Gasteiger charge is -2.44. The molecule has 0 aliphatic carbocycles. The van der Waals surface area contributed by atoms with Gasteiger partial charge in [0.15, 0.2) is 0 Å². The molecule has 0 saturated carbocycles. The molecule has 1 atom stereocenters. The lowest BCUT2D eigenvalue weighted by atomic mass is 10.0. The Balaban J connectivity index is 1.83. The summed E-state index contributed by atoms with van der Waals surface area (Å²) in [5.41, 5.74) is 1.13. The molecule has 1 aliphatic rings. The Kier molecular flexibility index (Phi) is 2.58. The van der Waals surface area contributed by atoms with Gasteiger partial charge in [-0.05, 0) is 19.9 Å². The zero-order valence-corrected chi connectivity index (χ0v) is 9.77. The second-order valence-electron chi connectivity index (χ2n) is 4.33. The molecule has 0 spiro atoms. The van der Waals surface area contributed by atoms with Gasteiger partial charge in [0, 0.05) is 36.3 Å². The van der Waals surface area contributed by atoms with Crippen LogP contribution < -0.4 is 5.32 Å². The number of thioether (sulfide) groups is 1. The second-order valence-corrected chi connectivity index (χ2v) is 6.00. The molecule has 1 aliphatic heterocycles. The Hall–Kier alpha value is -0.480. The van der Waals surface area contributed by atoms with E-state index in [1.54, 1.807) is 0 Å². The minimum absolute atomic E-state index is 0.398. The zero-order valence-electron chi connectivity index (χ0n) is 8.95. The zero-order chi connectivity index (χ0) is 10.2. The van der Waals surface area contributed by atoms with E-state index in [-0.39, 0.29) is 0 Å². The van der Waals surface area contributed by atoms with Gasteiger partial charge in [-0.25, -0.2) is 0 Å². The number of aromatic nitrogens is 2. The number of aryl methyl sites for hydroxylation is 1. The van der Waals surface area contributed by atoms with Crippen molar-refractivity contribution < 1.29 is 0 Å². The average molecular weight is 211 g/mol. The maximum Gasteiger partial charge on any atom is 0.0762 e. The Labute approximate surface area is 89.3 Å². The fraction of sp³-hybridized carbons (Fsp3) is 0.700. The van der Waals surface area contributed by atoms with Crippen LogP contribution in [0.1, 0.15) is 19.5 Å². The Bertz CT molecular complexity index is 319. The van der Waals surface area contributed by atoms with Crippen molar-refractivity contribution in [3.8, 4) is 0 Å². The molecule has 14 heavy (non-hydrogen) atoms. The molecule has 2 rings (SSSR count). The highest BCUT2D eigenvalue weighted by atomic mass is 32.2. The third-order valence-corrected chi connectivity index (χ3v) is 4.29. The highest BCUT2D eigenvalue weighted by molar-refractivity contribution is 8.02. The van der Waals surface area contributed by atoms with Crippen molar-refractivity contribution in [3.05, 3.63) is 18.0 Å². The van der Waals surface area contributed by atoms with Gasteiger partial charge >= 0.3 is 0 Å². The van der Waals surface area contributed by atoms with E-state index < -0.39 is 0 Å². The van der Waals surface area contributed by atoms with E-state index in [4.69, 9.17) is 0 Å². The van der Waals surface area contributed by atoms with Gasteiger partial charge < -0.3 is 5.32 Å². The van der Waals surface area contributed by atoms with Crippen molar-refractivity contribution in [1.29, 1.82) is 0 Å². The third kappa shape index (κ3) is 1.96. The van der Waals surface area contributed by atoms with Gasteiger partial charge in [0.25, 0.3) is 0 Å². The van der Waals surface area contributed by atoms with Crippen molar-refractivity contribution >= 4 is 11.8 Å². The fourth-order valence-corrected chi connectivity index (χ4v) is 2.79. The molecule has 0 radical (unpaired) electrons. The van der Waals surface area contributed by atoms with Crippen LogP contribution in [0.15, 0.2) is 12.3 Å². The molecule has 3 nitrogen and oxygen atoms in total. The number of rotatable bonds is 3. The quantitative estimate of drug-likeness (QED) is 0.819. The summed E-state index contributed by atoms with van der Waals surface area (Å²) in [6.45, 7) is 5.46. The molecular weight excluding hydrogens is 194 g/mol. The normalized spacial score (nSPS) is 24.6. The molecule has 1 N–H and O–H groups in total. The fourth-order valence-electron chi connectivity index (χ4n) is 1.59. The number of hydrogen-bond donors (Lipinski definition) is 1. The average Bonchev–Trinajstić information content (AvgIpc) is 2.50. The largest absolute Gasteiger partial charge is 0.306 e. The standard InChI is InChI=1S/C10H17N3S/c1-10(2)9(7-14-10)11-6-8-4-5-13(3)12-8/h4-5,9,11H,6-7H2,1-3H3. The van der Waals surface area contributed by atoms with Crippen LogP contribution in [0.5, 0.6) is 0 Å². The van der Waals surface area contributed by atoms with E-state index >= 15 is 0 Å². The summed E-state index contributed by atoms with van der Waals surface area (Å²) in [7, 11) is 1.95. The summed E-state index contributed by atoms with van der Waals surface area (Å²) >= 11 is 2.02. The van der Waals surface area contributed by atoms with Gasteiger partial charge in [-0.2, -0.15) is 16.9 Å². The number of hydrogen-bond acceptors (Lipinski definition) is 3. The molecule has 0 bridgehead atoms. The lowest BCUT2D eigenvalue weighted by molar-refractivity contribution is 0.432. The topological polar surface area (TPSA) is 29.9 Å². The van der Waals surface area contributed by atoms with Crippen LogP contribution in [0.25, 0.3) is 0 Å². The second kappa shape index (κ2) is 3.59. The smallest absolute Gasteiger partial charge is 0.0762 e. The number of nitrogens with zero attached hydrogens (tertiary/aromatic N) is 2. The maximum absolute atomic E-state index is 4.34. The van der Waals surface area contributed by atoms with E-state index in [1.165, 1.54) is 5.75 Å². The van der Waals surface area contributed by atoms with Crippen LogP contribution in [-0.2, 0) is 13.6 Å². The van der Waals surface area contributed by atoms with Crippen molar-refractivity contribution in [2.45, 2.75) is 31.2 Å². The first-order valence-corrected chi connectivity index (χ1v) is 5.92. The highest BCUT2D eigenvalue weighted by Gasteiger charge is 2.38. The van der Waals surface area contributed by atoms with E-state index in [9.17, 15) is 0 Å². The Morgan fingerprint density at radius 2 is 2.50 bits per heavy atom. The monoisotopic (exact) mass is 211 g/mol. The van der Waals surface area contributed by atoms with Crippen molar-refractivity contribution in [2.75, 3.05) is 5.75 Å². The van der Waals surface area contributed by atoms with Gasteiger partial charge in [-0.3, -0.25) is 4.68 Å². The molecule has 1 aromatic rings. The van der Waals surface area contributed by atoms with Gasteiger partial charge in [-0.1, -0.05) is 0 Å². The van der Waals surface area contributed by atoms with E-state index in [1.807, 2.05) is 29.7 Å². The number of nitrogens with one attached hydrogen (secondary N) is 1. The van der Waals surface area contributed by atoms with E-state index in [2.05, 4.69) is 30.3 Å². The van der Waals surface area contributed by atoms with Crippen molar-refractivity contribution in [3.63, 3.8) is 0 Å². The first-order valence-electron chi connectivity index (χ1n) is 4.94. The molecule has 0 amide bonds. The van der Waals surface area contributed by atoms with Crippen LogP contribution in [-0.4, -0.2) is 26.3 Å². The molecule has 1 unspecified atom stereocenters. The molecule has 1 fully saturated rings. The summed E-state index contributed by atoms with van der Waals surface area (Å²) in [4.78, 5) is 0. The summed E-state index contributed by atoms with van der Waals surface area (Å²) in [5, 5.41) is 7.88. The van der Waals surface area contributed by atoms with Crippen LogP contribution in [0.4, 0.5) is 0 Å². The SMILES string of the molecule is Cn1ccc(CNC2CSC2(C)C)n1. The van der Waals surface area contributed by atoms with Crippen LogP contribution in [0, 0.1) is 0 Å². The Morgan fingerprint density at radius 3 is 2.93 bits per heavy atom. The molecule has 78 valence electrons. The predicted octanol–water partition coefficient (Wildman–Crippen LogP) is 1.40.